The molecule has 1 atom stereocenters. The van der Waals surface area contributed by atoms with Gasteiger partial charge in [-0.25, -0.2) is 13.2 Å². The van der Waals surface area contributed by atoms with Gasteiger partial charge >= 0.3 is 12.1 Å². The van der Waals surface area contributed by atoms with Crippen LogP contribution >= 0.6 is 15.9 Å². The van der Waals surface area contributed by atoms with Gasteiger partial charge in [0.1, 0.15) is 16.6 Å². The minimum Gasteiger partial charge on any atom is -0.477 e. The van der Waals surface area contributed by atoms with Crippen LogP contribution in [-0.2, 0) is 17.1 Å². The number of halogens is 4. The molecule has 6 nitrogen and oxygen atoms in total. The number of aryl methyl sites for hydroxylation is 1. The molecule has 0 aliphatic heterocycles. The highest BCUT2D eigenvalue weighted by atomic mass is 79.9. The Morgan fingerprint density at radius 1 is 1.50 bits per heavy atom. The van der Waals surface area contributed by atoms with Crippen LogP contribution in [0.3, 0.4) is 0 Å². The molecule has 0 unspecified atom stereocenters. The van der Waals surface area contributed by atoms with E-state index in [4.69, 9.17) is 5.11 Å². The van der Waals surface area contributed by atoms with Crippen molar-refractivity contribution in [3.8, 4) is 0 Å². The van der Waals surface area contributed by atoms with E-state index in [1.165, 1.54) is 11.8 Å². The maximum absolute atomic E-state index is 12.4. The molecule has 0 spiro atoms. The fourth-order valence-corrected chi connectivity index (χ4v) is 3.91. The van der Waals surface area contributed by atoms with Gasteiger partial charge < -0.3 is 9.67 Å². The molecular formula is C9H10BrF3N2O4S. The van der Waals surface area contributed by atoms with Gasteiger partial charge in [0.15, 0.2) is 0 Å². The first-order chi connectivity index (χ1) is 8.88. The lowest BCUT2D eigenvalue weighted by atomic mass is 10.4. The molecule has 0 aliphatic carbocycles. The van der Waals surface area contributed by atoms with E-state index in [0.29, 0.717) is 6.92 Å². The summed E-state index contributed by atoms with van der Waals surface area (Å²) in [6.45, 7) is 0.645. The molecule has 114 valence electrons. The summed E-state index contributed by atoms with van der Waals surface area (Å²) in [5.74, 6) is -1.41. The van der Waals surface area contributed by atoms with Crippen molar-refractivity contribution in [2.75, 3.05) is 0 Å². The fourth-order valence-electron chi connectivity index (χ4n) is 1.36. The zero-order chi connectivity index (χ0) is 15.9. The van der Waals surface area contributed by atoms with Gasteiger partial charge in [0.2, 0.25) is 10.0 Å². The lowest BCUT2D eigenvalue weighted by molar-refractivity contribution is -0.147. The lowest BCUT2D eigenvalue weighted by Gasteiger charge is -2.16. The van der Waals surface area contributed by atoms with Crippen LogP contribution in [0, 0.1) is 0 Å². The quantitative estimate of drug-likeness (QED) is 0.834. The number of nitrogens with one attached hydrogen (secondary N) is 1. The average Bonchev–Trinajstić information content (AvgIpc) is 2.52. The lowest BCUT2D eigenvalue weighted by Crippen LogP contribution is -2.42. The Labute approximate surface area is 120 Å². The van der Waals surface area contributed by atoms with Crippen LogP contribution in [-0.4, -0.2) is 36.3 Å². The highest BCUT2D eigenvalue weighted by Crippen LogP contribution is 2.29. The summed E-state index contributed by atoms with van der Waals surface area (Å²) in [5, 5.41) is 8.89. The summed E-state index contributed by atoms with van der Waals surface area (Å²) in [5.41, 5.74) is -0.384. The molecule has 11 heteroatoms. The predicted molar refractivity (Wildman–Crippen MR) is 65.9 cm³/mol. The van der Waals surface area contributed by atoms with Crippen LogP contribution in [0.15, 0.2) is 15.6 Å². The molecule has 0 fully saturated rings. The van der Waals surface area contributed by atoms with Crippen LogP contribution in [0.5, 0.6) is 0 Å². The largest absolute Gasteiger partial charge is 0.477 e. The third-order valence-corrected chi connectivity index (χ3v) is 5.02. The first-order valence-electron chi connectivity index (χ1n) is 5.05. The number of sulfonamides is 1. The highest BCUT2D eigenvalue weighted by molar-refractivity contribution is 9.10. The SMILES string of the molecule is C[C@@H](NS(=O)(=O)c1cn(C)c(C(=O)O)c1Br)C(F)(F)F. The van der Waals surface area contributed by atoms with E-state index in [9.17, 15) is 26.4 Å². The summed E-state index contributed by atoms with van der Waals surface area (Å²) in [6.07, 6.45) is -3.83. The fraction of sp³-hybridized carbons (Fsp3) is 0.444. The third-order valence-electron chi connectivity index (χ3n) is 2.40. The Morgan fingerprint density at radius 2 is 2.00 bits per heavy atom. The number of aromatic carboxylic acids is 1. The number of carbonyl (C=O) groups is 1. The van der Waals surface area contributed by atoms with Gasteiger partial charge in [0.25, 0.3) is 0 Å². The van der Waals surface area contributed by atoms with Crippen LogP contribution in [0.1, 0.15) is 17.4 Å². The zero-order valence-corrected chi connectivity index (χ0v) is 12.6. The van der Waals surface area contributed by atoms with Crippen molar-refractivity contribution in [3.63, 3.8) is 0 Å². The molecule has 0 bridgehead atoms. The molecule has 20 heavy (non-hydrogen) atoms. The molecule has 0 aliphatic rings. The Kier molecular flexibility index (Phi) is 4.56. The second kappa shape index (κ2) is 5.37. The van der Waals surface area contributed by atoms with Crippen LogP contribution < -0.4 is 4.72 Å². The van der Waals surface area contributed by atoms with E-state index in [2.05, 4.69) is 15.9 Å². The number of rotatable bonds is 4. The standard InChI is InChI=1S/C9H10BrF3N2O4S/c1-4(9(11,12)13)14-20(18,19)5-3-15(2)7(6(5)10)8(16)17/h3-4,14H,1-2H3,(H,16,17)/t4-/m1/s1. The first-order valence-corrected chi connectivity index (χ1v) is 7.32. The Balaban J connectivity index is 3.25. The minimum absolute atomic E-state index is 0.311. The van der Waals surface area contributed by atoms with E-state index in [-0.39, 0.29) is 10.2 Å². The third kappa shape index (κ3) is 3.33. The maximum atomic E-state index is 12.4. The van der Waals surface area contributed by atoms with E-state index in [0.717, 1.165) is 10.8 Å². The topological polar surface area (TPSA) is 88.4 Å². The number of nitrogens with zero attached hydrogens (tertiary/aromatic N) is 1. The summed E-state index contributed by atoms with van der Waals surface area (Å²) < 4.78 is 62.9. The second-order valence-corrected chi connectivity index (χ2v) is 6.43. The molecule has 1 aromatic rings. The van der Waals surface area contributed by atoms with Crippen molar-refractivity contribution in [2.45, 2.75) is 24.0 Å². The minimum atomic E-state index is -4.75. The number of carboxylic acids is 1. The van der Waals surface area contributed by atoms with E-state index in [1.807, 2.05) is 0 Å². The van der Waals surface area contributed by atoms with Crippen LogP contribution in [0.25, 0.3) is 0 Å². The smallest absolute Gasteiger partial charge is 0.404 e. The molecule has 0 radical (unpaired) electrons. The Morgan fingerprint density at radius 3 is 2.35 bits per heavy atom. The number of alkyl halides is 3. The van der Waals surface area contributed by atoms with Crippen molar-refractivity contribution in [3.05, 3.63) is 16.4 Å². The van der Waals surface area contributed by atoms with Gasteiger partial charge in [-0.2, -0.15) is 17.9 Å². The molecule has 0 saturated heterocycles. The van der Waals surface area contributed by atoms with Crippen molar-refractivity contribution >= 4 is 31.9 Å². The zero-order valence-electron chi connectivity index (χ0n) is 10.2. The molecule has 0 saturated carbocycles. The normalized spacial score (nSPS) is 14.3. The summed E-state index contributed by atoms with van der Waals surface area (Å²) in [7, 11) is -3.25. The number of carboxylic acid groups (broad SMARTS) is 1. The molecule has 1 heterocycles. The average molecular weight is 379 g/mol. The van der Waals surface area contributed by atoms with Crippen molar-refractivity contribution in [1.29, 1.82) is 0 Å². The van der Waals surface area contributed by atoms with Crippen molar-refractivity contribution in [2.24, 2.45) is 7.05 Å². The van der Waals surface area contributed by atoms with E-state index < -0.39 is 33.1 Å². The summed E-state index contributed by atoms with van der Waals surface area (Å²) >= 11 is 2.78. The number of aromatic nitrogens is 1. The predicted octanol–water partition coefficient (Wildman–Crippen LogP) is 1.71. The molecule has 0 aromatic carbocycles. The maximum Gasteiger partial charge on any atom is 0.404 e. The molecule has 0 amide bonds. The number of hydrogen-bond acceptors (Lipinski definition) is 3. The van der Waals surface area contributed by atoms with Crippen molar-refractivity contribution < 1.29 is 31.5 Å². The van der Waals surface area contributed by atoms with Gasteiger partial charge in [-0.15, -0.1) is 0 Å². The molecule has 1 aromatic heterocycles. The van der Waals surface area contributed by atoms with Gasteiger partial charge in [-0.3, -0.25) is 0 Å². The van der Waals surface area contributed by atoms with Gasteiger partial charge in [-0.1, -0.05) is 0 Å². The van der Waals surface area contributed by atoms with Gasteiger partial charge in [0, 0.05) is 13.2 Å². The molecule has 1 rings (SSSR count). The van der Waals surface area contributed by atoms with Gasteiger partial charge in [-0.05, 0) is 22.9 Å². The first kappa shape index (κ1) is 17.0. The van der Waals surface area contributed by atoms with Crippen LogP contribution in [0.2, 0.25) is 0 Å². The molecule has 2 N–H and O–H groups in total. The van der Waals surface area contributed by atoms with Crippen LogP contribution in [0.4, 0.5) is 13.2 Å². The monoisotopic (exact) mass is 378 g/mol. The van der Waals surface area contributed by atoms with Crippen molar-refractivity contribution in [1.82, 2.24) is 9.29 Å². The van der Waals surface area contributed by atoms with Gasteiger partial charge in [0.05, 0.1) is 4.47 Å². The summed E-state index contributed by atoms with van der Waals surface area (Å²) in [4.78, 5) is 10.3. The van der Waals surface area contributed by atoms with E-state index >= 15 is 0 Å². The Hall–Kier alpha value is -1.07. The highest BCUT2D eigenvalue weighted by Gasteiger charge is 2.40. The number of hydrogen-bond donors (Lipinski definition) is 2. The second-order valence-electron chi connectivity index (χ2n) is 3.96. The summed E-state index contributed by atoms with van der Waals surface area (Å²) in [6, 6.07) is -2.30. The molecular weight excluding hydrogens is 369 g/mol. The van der Waals surface area contributed by atoms with E-state index in [1.54, 1.807) is 0 Å². The Bertz CT molecular complexity index is 638.